The third kappa shape index (κ3) is 4.64. The number of hydrogen-bond acceptors (Lipinski definition) is 3. The summed E-state index contributed by atoms with van der Waals surface area (Å²) in [5.74, 6) is -2.24. The van der Waals surface area contributed by atoms with Crippen molar-refractivity contribution in [3.63, 3.8) is 0 Å². The Balaban J connectivity index is 1.37. The van der Waals surface area contributed by atoms with Gasteiger partial charge in [-0.2, -0.15) is 0 Å². The van der Waals surface area contributed by atoms with Crippen LogP contribution in [0.15, 0.2) is 48.5 Å². The minimum atomic E-state index is -0.761. The first kappa shape index (κ1) is 21.9. The Bertz CT molecular complexity index is 1010. The lowest BCUT2D eigenvalue weighted by Crippen LogP contribution is -2.53. The number of nitrogens with one attached hydrogen (secondary N) is 1. The van der Waals surface area contributed by atoms with Gasteiger partial charge in [0.25, 0.3) is 5.91 Å². The van der Waals surface area contributed by atoms with Crippen LogP contribution >= 0.6 is 0 Å². The van der Waals surface area contributed by atoms with Gasteiger partial charge in [0.2, 0.25) is 11.8 Å². The van der Waals surface area contributed by atoms with Gasteiger partial charge in [-0.3, -0.25) is 14.4 Å². The summed E-state index contributed by atoms with van der Waals surface area (Å²) >= 11 is 0. The van der Waals surface area contributed by atoms with E-state index < -0.39 is 23.6 Å². The second-order valence-corrected chi connectivity index (χ2v) is 8.21. The van der Waals surface area contributed by atoms with E-state index in [9.17, 15) is 23.2 Å². The highest BCUT2D eigenvalue weighted by molar-refractivity contribution is 5.94. The molecule has 0 aromatic heterocycles. The fourth-order valence-electron chi connectivity index (χ4n) is 4.50. The summed E-state index contributed by atoms with van der Waals surface area (Å²) < 4.78 is 27.4. The van der Waals surface area contributed by atoms with E-state index in [0.29, 0.717) is 45.3 Å². The monoisotopic (exact) mass is 441 g/mol. The number of piperidine rings is 1. The molecule has 1 atom stereocenters. The minimum Gasteiger partial charge on any atom is -0.350 e. The zero-order valence-corrected chi connectivity index (χ0v) is 17.6. The number of hydrogen-bond donors (Lipinski definition) is 1. The fraction of sp³-hybridized carbons (Fsp3) is 0.375. The number of carbonyl (C=O) groups is 3. The summed E-state index contributed by atoms with van der Waals surface area (Å²) in [6.45, 7) is 1.01. The molecular weight excluding hydrogens is 416 g/mol. The highest BCUT2D eigenvalue weighted by Crippen LogP contribution is 2.28. The summed E-state index contributed by atoms with van der Waals surface area (Å²) in [6.07, 6.45) is 1.75. The van der Waals surface area contributed by atoms with E-state index in [0.717, 1.165) is 23.8 Å². The number of nitrogens with zero attached hydrogens (tertiary/aromatic N) is 2. The number of likely N-dealkylation sites (tertiary alicyclic amines) is 2. The van der Waals surface area contributed by atoms with Crippen LogP contribution in [0.25, 0.3) is 0 Å². The van der Waals surface area contributed by atoms with E-state index in [1.165, 1.54) is 4.90 Å². The highest BCUT2D eigenvalue weighted by atomic mass is 19.1. The Hall–Kier alpha value is -3.29. The van der Waals surface area contributed by atoms with Gasteiger partial charge in [0.05, 0.1) is 5.56 Å². The van der Waals surface area contributed by atoms with Crippen molar-refractivity contribution in [1.82, 2.24) is 15.1 Å². The van der Waals surface area contributed by atoms with Gasteiger partial charge in [-0.25, -0.2) is 8.78 Å². The molecule has 2 aliphatic heterocycles. The van der Waals surface area contributed by atoms with Gasteiger partial charge in [-0.1, -0.05) is 30.3 Å². The van der Waals surface area contributed by atoms with Crippen LogP contribution < -0.4 is 5.32 Å². The van der Waals surface area contributed by atoms with Crippen molar-refractivity contribution in [1.29, 1.82) is 0 Å². The van der Waals surface area contributed by atoms with Crippen molar-refractivity contribution in [2.24, 2.45) is 0 Å². The maximum atomic E-state index is 14.0. The summed E-state index contributed by atoms with van der Waals surface area (Å²) in [6, 6.07) is 11.7. The highest BCUT2D eigenvalue weighted by Gasteiger charge is 2.41. The van der Waals surface area contributed by atoms with Crippen LogP contribution in [0.5, 0.6) is 0 Å². The molecule has 4 rings (SSSR count). The Morgan fingerprint density at radius 2 is 1.72 bits per heavy atom. The largest absolute Gasteiger partial charge is 0.350 e. The summed E-state index contributed by atoms with van der Waals surface area (Å²) in [5, 5.41) is 2.92. The van der Waals surface area contributed by atoms with Gasteiger partial charge in [-0.15, -0.1) is 0 Å². The van der Waals surface area contributed by atoms with Crippen LogP contribution in [0.4, 0.5) is 8.78 Å². The third-order valence-electron chi connectivity index (χ3n) is 6.17. The van der Waals surface area contributed by atoms with Crippen LogP contribution in [0.1, 0.15) is 41.6 Å². The predicted molar refractivity (Wildman–Crippen MR) is 113 cm³/mol. The summed E-state index contributed by atoms with van der Waals surface area (Å²) in [7, 11) is 0. The molecule has 2 aliphatic rings. The molecule has 8 heteroatoms. The van der Waals surface area contributed by atoms with Crippen molar-refractivity contribution in [3.05, 3.63) is 71.3 Å². The lowest BCUT2D eigenvalue weighted by atomic mass is 10.0. The van der Waals surface area contributed by atoms with Crippen molar-refractivity contribution < 1.29 is 23.2 Å². The number of amides is 3. The third-order valence-corrected chi connectivity index (χ3v) is 6.17. The first-order valence-corrected chi connectivity index (χ1v) is 10.8. The Kier molecular flexibility index (Phi) is 6.48. The van der Waals surface area contributed by atoms with Crippen molar-refractivity contribution in [2.45, 2.75) is 44.3 Å². The molecular formula is C24H25F2N3O3. The van der Waals surface area contributed by atoms with E-state index in [1.807, 2.05) is 30.3 Å². The Morgan fingerprint density at radius 1 is 1.00 bits per heavy atom. The first-order valence-electron chi connectivity index (χ1n) is 10.8. The molecule has 2 fully saturated rings. The molecule has 2 heterocycles. The molecule has 1 N–H and O–H groups in total. The quantitative estimate of drug-likeness (QED) is 0.776. The molecule has 0 radical (unpaired) electrons. The molecule has 0 saturated carbocycles. The number of rotatable bonds is 5. The summed E-state index contributed by atoms with van der Waals surface area (Å²) in [5.41, 5.74) is 0.687. The van der Waals surface area contributed by atoms with E-state index in [-0.39, 0.29) is 23.4 Å². The van der Waals surface area contributed by atoms with Crippen molar-refractivity contribution in [3.8, 4) is 0 Å². The van der Waals surface area contributed by atoms with Crippen LogP contribution in [-0.4, -0.2) is 52.7 Å². The molecule has 3 amide bonds. The van der Waals surface area contributed by atoms with Gasteiger partial charge < -0.3 is 15.1 Å². The normalized spacial score (nSPS) is 19.3. The minimum absolute atomic E-state index is 0.0641. The zero-order chi connectivity index (χ0) is 22.7. The van der Waals surface area contributed by atoms with Crippen LogP contribution in [-0.2, 0) is 16.1 Å². The lowest BCUT2D eigenvalue weighted by molar-refractivity contribution is -0.138. The lowest BCUT2D eigenvalue weighted by Gasteiger charge is -2.39. The topological polar surface area (TPSA) is 69.7 Å². The smallest absolute Gasteiger partial charge is 0.256 e. The van der Waals surface area contributed by atoms with Gasteiger partial charge in [0.1, 0.15) is 17.7 Å². The van der Waals surface area contributed by atoms with Crippen molar-refractivity contribution in [2.75, 3.05) is 13.1 Å². The van der Waals surface area contributed by atoms with E-state index in [2.05, 4.69) is 5.32 Å². The SMILES string of the molecule is O=C(NCc1ccccc1)C1CCC(=O)N1C1CCN(C(=O)c2cc(F)ccc2F)CC1. The molecule has 32 heavy (non-hydrogen) atoms. The van der Waals surface area contributed by atoms with Crippen LogP contribution in [0, 0.1) is 11.6 Å². The molecule has 2 saturated heterocycles. The molecule has 168 valence electrons. The Labute approximate surface area is 185 Å². The van der Waals surface area contributed by atoms with Gasteiger partial charge in [0.15, 0.2) is 0 Å². The first-order chi connectivity index (χ1) is 15.4. The number of halogens is 2. The van der Waals surface area contributed by atoms with E-state index in [1.54, 1.807) is 4.90 Å². The predicted octanol–water partition coefficient (Wildman–Crippen LogP) is 2.88. The van der Waals surface area contributed by atoms with Gasteiger partial charge in [-0.05, 0) is 43.0 Å². The molecule has 2 aromatic rings. The molecule has 2 aromatic carbocycles. The molecule has 0 bridgehead atoms. The Morgan fingerprint density at radius 3 is 2.44 bits per heavy atom. The van der Waals surface area contributed by atoms with Crippen LogP contribution in [0.2, 0.25) is 0 Å². The molecule has 1 unspecified atom stereocenters. The zero-order valence-electron chi connectivity index (χ0n) is 17.6. The van der Waals surface area contributed by atoms with E-state index >= 15 is 0 Å². The maximum Gasteiger partial charge on any atom is 0.256 e. The fourth-order valence-corrected chi connectivity index (χ4v) is 4.50. The molecule has 6 nitrogen and oxygen atoms in total. The molecule has 0 spiro atoms. The maximum absolute atomic E-state index is 14.0. The summed E-state index contributed by atoms with van der Waals surface area (Å²) in [4.78, 5) is 41.1. The average Bonchev–Trinajstić information content (AvgIpc) is 3.21. The second kappa shape index (κ2) is 9.46. The molecule has 0 aliphatic carbocycles. The van der Waals surface area contributed by atoms with Crippen molar-refractivity contribution >= 4 is 17.7 Å². The number of carbonyl (C=O) groups excluding carboxylic acids is 3. The van der Waals surface area contributed by atoms with E-state index in [4.69, 9.17) is 0 Å². The second-order valence-electron chi connectivity index (χ2n) is 8.21. The van der Waals surface area contributed by atoms with Crippen LogP contribution in [0.3, 0.4) is 0 Å². The number of benzene rings is 2. The average molecular weight is 441 g/mol. The standard InChI is InChI=1S/C24H25F2N3O3/c25-17-6-7-20(26)19(14-17)24(32)28-12-10-18(11-13-28)29-21(8-9-22(29)30)23(31)27-15-16-4-2-1-3-5-16/h1-7,14,18,21H,8-13,15H2,(H,27,31). The van der Waals surface area contributed by atoms with Gasteiger partial charge >= 0.3 is 0 Å². The van der Waals surface area contributed by atoms with Gasteiger partial charge in [0, 0.05) is 32.1 Å².